The maximum atomic E-state index is 11.5. The Kier molecular flexibility index (Phi) is 31.6. The monoisotopic (exact) mass is 677 g/mol. The molecule has 1 N–H and O–H groups in total. The van der Waals surface area contributed by atoms with E-state index in [4.69, 9.17) is 0 Å². The van der Waals surface area contributed by atoms with E-state index in [2.05, 4.69) is 6.92 Å². The molecule has 47 heavy (non-hydrogen) atoms. The molecule has 0 amide bonds. The Bertz CT molecular complexity index is 881. The molecule has 0 radical (unpaired) electrons. The second-order valence-corrected chi connectivity index (χ2v) is 16.2. The number of hydrogen-bond donors (Lipinski definition) is 1. The predicted molar refractivity (Wildman–Crippen MR) is 207 cm³/mol. The van der Waals surface area contributed by atoms with Gasteiger partial charge in [-0.05, 0) is 24.5 Å². The van der Waals surface area contributed by atoms with Crippen molar-refractivity contribution in [2.75, 3.05) is 0 Å². The lowest BCUT2D eigenvalue weighted by Crippen LogP contribution is -2.03. The van der Waals surface area contributed by atoms with Crippen LogP contribution in [-0.2, 0) is 16.5 Å². The van der Waals surface area contributed by atoms with E-state index in [9.17, 15) is 13.0 Å². The van der Waals surface area contributed by atoms with Gasteiger partial charge in [0.15, 0.2) is 0 Å². The zero-order valence-electron chi connectivity index (χ0n) is 31.4. The molecule has 1 aromatic rings. The summed E-state index contributed by atoms with van der Waals surface area (Å²) in [5.74, 6) is 0. The van der Waals surface area contributed by atoms with E-state index >= 15 is 0 Å². The minimum absolute atomic E-state index is 0.0705. The number of unbranched alkanes of at least 4 members (excludes halogenated alkanes) is 34. The van der Waals surface area contributed by atoms with Crippen LogP contribution < -0.4 is 0 Å². The van der Waals surface area contributed by atoms with E-state index in [0.29, 0.717) is 0 Å². The van der Waals surface area contributed by atoms with Crippen LogP contribution in [0.4, 0.5) is 0 Å². The van der Waals surface area contributed by atoms with Crippen molar-refractivity contribution in [3.05, 3.63) is 29.8 Å². The molecule has 0 atom stereocenters. The Morgan fingerprint density at radius 2 is 0.617 bits per heavy atom. The predicted octanol–water partition coefficient (Wildman–Crippen LogP) is 15.1. The highest BCUT2D eigenvalue weighted by molar-refractivity contribution is 7.85. The van der Waals surface area contributed by atoms with Gasteiger partial charge in [0.05, 0.1) is 4.90 Å². The molecule has 1 aromatic carbocycles. The van der Waals surface area contributed by atoms with Crippen molar-refractivity contribution >= 4 is 10.1 Å². The summed E-state index contributed by atoms with van der Waals surface area (Å²) < 4.78 is 32.4. The van der Waals surface area contributed by atoms with E-state index in [1.165, 1.54) is 218 Å². The molecule has 0 fully saturated rings. The summed E-state index contributed by atoms with van der Waals surface area (Å²) in [5, 5.41) is 0. The lowest BCUT2D eigenvalue weighted by Gasteiger charge is -2.07. The first kappa shape index (κ1) is 44.2. The van der Waals surface area contributed by atoms with Gasteiger partial charge in [0.25, 0.3) is 10.1 Å². The van der Waals surface area contributed by atoms with Crippen LogP contribution in [0.5, 0.6) is 0 Å². The van der Waals surface area contributed by atoms with Crippen molar-refractivity contribution in [2.45, 2.75) is 243 Å². The topological polar surface area (TPSA) is 54.4 Å². The average Bonchev–Trinajstić information content (AvgIpc) is 3.06. The first-order valence-electron chi connectivity index (χ1n) is 21.1. The zero-order valence-corrected chi connectivity index (χ0v) is 32.3. The molecular formula is C43H80O3S. The van der Waals surface area contributed by atoms with Gasteiger partial charge in [-0.3, -0.25) is 4.55 Å². The summed E-state index contributed by atoms with van der Waals surface area (Å²) in [7, 11) is -4.12. The smallest absolute Gasteiger partial charge is 0.282 e. The Morgan fingerprint density at radius 1 is 0.383 bits per heavy atom. The van der Waals surface area contributed by atoms with Gasteiger partial charge in [-0.2, -0.15) is 8.42 Å². The molecule has 3 nitrogen and oxygen atoms in total. The van der Waals surface area contributed by atoms with E-state index in [0.717, 1.165) is 24.8 Å². The van der Waals surface area contributed by atoms with Gasteiger partial charge < -0.3 is 0 Å². The Morgan fingerprint density at radius 3 is 0.872 bits per heavy atom. The van der Waals surface area contributed by atoms with Crippen molar-refractivity contribution in [1.82, 2.24) is 0 Å². The maximum absolute atomic E-state index is 11.5. The zero-order chi connectivity index (χ0) is 33.9. The van der Waals surface area contributed by atoms with E-state index in [-0.39, 0.29) is 4.90 Å². The average molecular weight is 677 g/mol. The third kappa shape index (κ3) is 29.7. The van der Waals surface area contributed by atoms with Crippen LogP contribution >= 0.6 is 0 Å². The molecule has 0 aromatic heterocycles. The van der Waals surface area contributed by atoms with Gasteiger partial charge in [0, 0.05) is 0 Å². The molecular weight excluding hydrogens is 597 g/mol. The molecule has 0 saturated carbocycles. The highest BCUT2D eigenvalue weighted by atomic mass is 32.2. The van der Waals surface area contributed by atoms with Gasteiger partial charge in [-0.1, -0.05) is 243 Å². The first-order chi connectivity index (χ1) is 23.1. The van der Waals surface area contributed by atoms with Crippen molar-refractivity contribution in [3.63, 3.8) is 0 Å². The van der Waals surface area contributed by atoms with Crippen LogP contribution in [-0.4, -0.2) is 13.0 Å². The van der Waals surface area contributed by atoms with Gasteiger partial charge in [-0.25, -0.2) is 0 Å². The molecule has 0 bridgehead atoms. The second kappa shape index (κ2) is 33.6. The number of hydrogen-bond acceptors (Lipinski definition) is 2. The van der Waals surface area contributed by atoms with Gasteiger partial charge >= 0.3 is 0 Å². The summed E-state index contributed by atoms with van der Waals surface area (Å²) in [6, 6.07) is 6.81. The summed E-state index contributed by atoms with van der Waals surface area (Å²) >= 11 is 0. The van der Waals surface area contributed by atoms with Crippen molar-refractivity contribution in [3.8, 4) is 0 Å². The minimum atomic E-state index is -4.12. The molecule has 0 aliphatic rings. The van der Waals surface area contributed by atoms with Crippen LogP contribution in [0.15, 0.2) is 29.2 Å². The summed E-state index contributed by atoms with van der Waals surface area (Å²) in [4.78, 5) is 0.0705. The highest BCUT2D eigenvalue weighted by Gasteiger charge is 2.13. The standard InChI is InChI=1S/C43H80O3S/c1-2-3-4-5-6-7-8-9-10-11-12-13-14-15-16-17-18-19-20-21-22-23-24-25-26-27-28-29-30-31-32-33-34-35-36-39-42-40-37-38-41-43(42)47(44,45)46/h37-38,40-41H,2-36,39H2,1H3,(H,44,45,46). The third-order valence-electron chi connectivity index (χ3n) is 10.3. The summed E-state index contributed by atoms with van der Waals surface area (Å²) in [6.07, 6.45) is 50.1. The Hall–Kier alpha value is -0.870. The van der Waals surface area contributed by atoms with Crippen molar-refractivity contribution in [2.24, 2.45) is 0 Å². The van der Waals surface area contributed by atoms with Gasteiger partial charge in [0.2, 0.25) is 0 Å². The number of rotatable bonds is 37. The fraction of sp³-hybridized carbons (Fsp3) is 0.860. The molecule has 276 valence electrons. The summed E-state index contributed by atoms with van der Waals surface area (Å²) in [6.45, 7) is 2.30. The van der Waals surface area contributed by atoms with Crippen LogP contribution in [0.25, 0.3) is 0 Å². The first-order valence-corrected chi connectivity index (χ1v) is 22.5. The fourth-order valence-corrected chi connectivity index (χ4v) is 7.94. The lowest BCUT2D eigenvalue weighted by molar-refractivity contribution is 0.481. The maximum Gasteiger partial charge on any atom is 0.294 e. The number of aryl methyl sites for hydroxylation is 1. The van der Waals surface area contributed by atoms with E-state index < -0.39 is 10.1 Å². The van der Waals surface area contributed by atoms with E-state index in [1.807, 2.05) is 12.1 Å². The Labute approximate surface area is 295 Å². The highest BCUT2D eigenvalue weighted by Crippen LogP contribution is 2.20. The van der Waals surface area contributed by atoms with Crippen LogP contribution in [0.1, 0.15) is 237 Å². The molecule has 1 rings (SSSR count). The van der Waals surface area contributed by atoms with Crippen molar-refractivity contribution in [1.29, 1.82) is 0 Å². The largest absolute Gasteiger partial charge is 0.294 e. The fourth-order valence-electron chi connectivity index (χ4n) is 7.18. The molecule has 0 saturated heterocycles. The third-order valence-corrected chi connectivity index (χ3v) is 11.3. The number of benzene rings is 1. The second-order valence-electron chi connectivity index (χ2n) is 14.9. The molecule has 0 aliphatic carbocycles. The SMILES string of the molecule is CCCCCCCCCCCCCCCCCCCCCCCCCCCCCCCCCCCCCc1ccccc1S(=O)(=O)O. The lowest BCUT2D eigenvalue weighted by atomic mass is 10.0. The molecule has 0 aliphatic heterocycles. The quantitative estimate of drug-likeness (QED) is 0.0563. The van der Waals surface area contributed by atoms with E-state index in [1.54, 1.807) is 6.07 Å². The molecule has 0 unspecified atom stereocenters. The molecule has 0 spiro atoms. The normalized spacial score (nSPS) is 11.9. The molecule has 4 heteroatoms. The van der Waals surface area contributed by atoms with Crippen LogP contribution in [0.3, 0.4) is 0 Å². The van der Waals surface area contributed by atoms with Gasteiger partial charge in [-0.15, -0.1) is 0 Å². The summed E-state index contributed by atoms with van der Waals surface area (Å²) in [5.41, 5.74) is 0.737. The Balaban J connectivity index is 1.68. The van der Waals surface area contributed by atoms with Crippen LogP contribution in [0, 0.1) is 0 Å². The van der Waals surface area contributed by atoms with Crippen LogP contribution in [0.2, 0.25) is 0 Å². The van der Waals surface area contributed by atoms with Crippen molar-refractivity contribution < 1.29 is 13.0 Å². The van der Waals surface area contributed by atoms with Gasteiger partial charge in [0.1, 0.15) is 0 Å². The molecule has 0 heterocycles. The minimum Gasteiger partial charge on any atom is -0.282 e.